The summed E-state index contributed by atoms with van der Waals surface area (Å²) in [5.74, 6) is 0. The molecule has 0 aliphatic carbocycles. The minimum atomic E-state index is -0.215. The van der Waals surface area contributed by atoms with Gasteiger partial charge in [-0.25, -0.2) is 4.68 Å². The molecule has 1 aromatic carbocycles. The Morgan fingerprint density at radius 2 is 2.19 bits per heavy atom. The lowest BCUT2D eigenvalue weighted by Gasteiger charge is -2.02. The summed E-state index contributed by atoms with van der Waals surface area (Å²) < 4.78 is 1.23. The van der Waals surface area contributed by atoms with Gasteiger partial charge in [-0.3, -0.25) is 4.79 Å². The van der Waals surface area contributed by atoms with Crippen LogP contribution >= 0.6 is 24.0 Å². The second kappa shape index (κ2) is 5.25. The van der Waals surface area contributed by atoms with Crippen molar-refractivity contribution in [1.29, 1.82) is 0 Å². The second-order valence-corrected chi connectivity index (χ2v) is 3.50. The molecule has 2 N–H and O–H groups in total. The number of halogens is 2. The zero-order chi connectivity index (χ0) is 10.8. The van der Waals surface area contributed by atoms with Gasteiger partial charge in [-0.2, -0.15) is 0 Å². The molecule has 0 saturated heterocycles. The van der Waals surface area contributed by atoms with Gasteiger partial charge < -0.3 is 5.73 Å². The normalized spacial score (nSPS) is 10.1. The molecule has 0 radical (unpaired) electrons. The predicted octanol–water partition coefficient (Wildman–Crippen LogP) is 0.825. The first kappa shape index (κ1) is 12.9. The Kier molecular flexibility index (Phi) is 4.23. The number of benzene rings is 1. The van der Waals surface area contributed by atoms with Crippen LogP contribution < -0.4 is 11.3 Å². The van der Waals surface area contributed by atoms with E-state index in [0.717, 1.165) is 0 Å². The molecule has 2 aromatic rings. The zero-order valence-corrected chi connectivity index (χ0v) is 9.83. The van der Waals surface area contributed by atoms with Crippen LogP contribution in [0.15, 0.2) is 23.0 Å². The van der Waals surface area contributed by atoms with Crippen molar-refractivity contribution in [2.45, 2.75) is 6.54 Å². The maximum absolute atomic E-state index is 11.8. The van der Waals surface area contributed by atoms with Crippen molar-refractivity contribution < 1.29 is 0 Å². The van der Waals surface area contributed by atoms with Gasteiger partial charge in [-0.15, -0.1) is 17.5 Å². The van der Waals surface area contributed by atoms with Gasteiger partial charge in [-0.05, 0) is 18.2 Å². The van der Waals surface area contributed by atoms with Crippen LogP contribution in [-0.2, 0) is 6.54 Å². The van der Waals surface area contributed by atoms with Gasteiger partial charge in [0.15, 0.2) is 0 Å². The van der Waals surface area contributed by atoms with Crippen LogP contribution in [0.1, 0.15) is 0 Å². The molecule has 7 heteroatoms. The summed E-state index contributed by atoms with van der Waals surface area (Å²) in [7, 11) is 0. The van der Waals surface area contributed by atoms with Crippen LogP contribution in [0.5, 0.6) is 0 Å². The van der Waals surface area contributed by atoms with Crippen LogP contribution in [-0.4, -0.2) is 21.5 Å². The van der Waals surface area contributed by atoms with Crippen LogP contribution in [0.25, 0.3) is 10.9 Å². The lowest BCUT2D eigenvalue weighted by atomic mass is 10.2. The second-order valence-electron chi connectivity index (χ2n) is 3.07. The lowest BCUT2D eigenvalue weighted by molar-refractivity contribution is 0.558. The first-order chi connectivity index (χ1) is 7.22. The van der Waals surface area contributed by atoms with Crippen molar-refractivity contribution in [3.8, 4) is 0 Å². The van der Waals surface area contributed by atoms with E-state index >= 15 is 0 Å². The van der Waals surface area contributed by atoms with Gasteiger partial charge in [0, 0.05) is 11.6 Å². The number of nitrogens with two attached hydrogens (primary N) is 1. The number of hydrogen-bond acceptors (Lipinski definition) is 4. The average molecular weight is 261 g/mol. The highest BCUT2D eigenvalue weighted by molar-refractivity contribution is 6.31. The van der Waals surface area contributed by atoms with Gasteiger partial charge in [0.25, 0.3) is 5.56 Å². The Morgan fingerprint density at radius 1 is 1.44 bits per heavy atom. The number of aromatic nitrogens is 3. The summed E-state index contributed by atoms with van der Waals surface area (Å²) in [4.78, 5) is 11.8. The third kappa shape index (κ3) is 2.32. The molecule has 0 bridgehead atoms. The van der Waals surface area contributed by atoms with Crippen molar-refractivity contribution in [3.05, 3.63) is 33.6 Å². The quantitative estimate of drug-likeness (QED) is 0.868. The molecule has 0 unspecified atom stereocenters. The van der Waals surface area contributed by atoms with Gasteiger partial charge in [0.2, 0.25) is 0 Å². The third-order valence-corrected chi connectivity index (χ3v) is 2.26. The minimum Gasteiger partial charge on any atom is -0.329 e. The molecule has 1 aromatic heterocycles. The van der Waals surface area contributed by atoms with E-state index in [-0.39, 0.29) is 18.0 Å². The SMILES string of the molecule is Cl.NCCn1nnc2ccc(Cl)cc2c1=O. The Bertz CT molecular complexity index is 555. The van der Waals surface area contributed by atoms with E-state index < -0.39 is 0 Å². The topological polar surface area (TPSA) is 73.8 Å². The summed E-state index contributed by atoms with van der Waals surface area (Å²) in [5, 5.41) is 8.63. The van der Waals surface area contributed by atoms with Gasteiger partial charge in [-0.1, -0.05) is 16.8 Å². The van der Waals surface area contributed by atoms with E-state index in [1.807, 2.05) is 0 Å². The Hall–Kier alpha value is -1.17. The van der Waals surface area contributed by atoms with Crippen molar-refractivity contribution >= 4 is 34.9 Å². The minimum absolute atomic E-state index is 0. The smallest absolute Gasteiger partial charge is 0.277 e. The van der Waals surface area contributed by atoms with Crippen molar-refractivity contribution in [3.63, 3.8) is 0 Å². The van der Waals surface area contributed by atoms with Crippen LogP contribution in [0, 0.1) is 0 Å². The largest absolute Gasteiger partial charge is 0.329 e. The molecule has 0 amide bonds. The molecule has 0 fully saturated rings. The Balaban J connectivity index is 0.00000128. The lowest BCUT2D eigenvalue weighted by Crippen LogP contribution is -2.27. The number of hydrogen-bond donors (Lipinski definition) is 1. The van der Waals surface area contributed by atoms with E-state index in [1.165, 1.54) is 4.68 Å². The monoisotopic (exact) mass is 260 g/mol. The standard InChI is InChI=1S/C9H9ClN4O.ClH/c10-6-1-2-8-7(5-6)9(15)14(4-3-11)13-12-8;/h1-2,5H,3-4,11H2;1H. The molecule has 86 valence electrons. The number of rotatable bonds is 2. The molecule has 0 saturated carbocycles. The van der Waals surface area contributed by atoms with Crippen LogP contribution in [0.3, 0.4) is 0 Å². The maximum Gasteiger partial charge on any atom is 0.277 e. The van der Waals surface area contributed by atoms with E-state index in [1.54, 1.807) is 18.2 Å². The number of fused-ring (bicyclic) bond motifs is 1. The molecule has 0 spiro atoms. The molecule has 1 heterocycles. The highest BCUT2D eigenvalue weighted by Crippen LogP contribution is 2.13. The molecule has 0 aliphatic heterocycles. The van der Waals surface area contributed by atoms with Crippen molar-refractivity contribution in [1.82, 2.24) is 15.0 Å². The first-order valence-corrected chi connectivity index (χ1v) is 4.83. The van der Waals surface area contributed by atoms with Gasteiger partial charge >= 0.3 is 0 Å². The van der Waals surface area contributed by atoms with E-state index in [4.69, 9.17) is 17.3 Å². The molecule has 5 nitrogen and oxygen atoms in total. The Labute approximate surface area is 103 Å². The third-order valence-electron chi connectivity index (χ3n) is 2.02. The zero-order valence-electron chi connectivity index (χ0n) is 8.26. The van der Waals surface area contributed by atoms with Crippen molar-refractivity contribution in [2.24, 2.45) is 5.73 Å². The van der Waals surface area contributed by atoms with Crippen molar-refractivity contribution in [2.75, 3.05) is 6.54 Å². The highest BCUT2D eigenvalue weighted by Gasteiger charge is 2.04. The van der Waals surface area contributed by atoms with Gasteiger partial charge in [0.1, 0.15) is 5.52 Å². The molecule has 2 rings (SSSR count). The van der Waals surface area contributed by atoms with Crippen LogP contribution in [0.2, 0.25) is 5.02 Å². The summed E-state index contributed by atoms with van der Waals surface area (Å²) in [6.07, 6.45) is 0. The molecule has 0 aliphatic rings. The first-order valence-electron chi connectivity index (χ1n) is 4.45. The highest BCUT2D eigenvalue weighted by atomic mass is 35.5. The van der Waals surface area contributed by atoms with E-state index in [9.17, 15) is 4.79 Å². The van der Waals surface area contributed by atoms with E-state index in [0.29, 0.717) is 29.0 Å². The fourth-order valence-electron chi connectivity index (χ4n) is 1.32. The summed E-state index contributed by atoms with van der Waals surface area (Å²) in [6, 6.07) is 4.92. The number of nitrogens with zero attached hydrogens (tertiary/aromatic N) is 3. The summed E-state index contributed by atoms with van der Waals surface area (Å²) >= 11 is 5.80. The summed E-state index contributed by atoms with van der Waals surface area (Å²) in [6.45, 7) is 0.703. The van der Waals surface area contributed by atoms with Crippen LogP contribution in [0.4, 0.5) is 0 Å². The molecule has 0 atom stereocenters. The van der Waals surface area contributed by atoms with Gasteiger partial charge in [0.05, 0.1) is 11.9 Å². The molecule has 16 heavy (non-hydrogen) atoms. The maximum atomic E-state index is 11.8. The Morgan fingerprint density at radius 3 is 2.88 bits per heavy atom. The molecular weight excluding hydrogens is 251 g/mol. The fraction of sp³-hybridized carbons (Fsp3) is 0.222. The fourth-order valence-corrected chi connectivity index (χ4v) is 1.49. The summed E-state index contributed by atoms with van der Waals surface area (Å²) in [5.41, 5.74) is 5.67. The average Bonchev–Trinajstić information content (AvgIpc) is 2.23. The predicted molar refractivity (Wildman–Crippen MR) is 65.1 cm³/mol. The van der Waals surface area contributed by atoms with E-state index in [2.05, 4.69) is 10.3 Å². The molecular formula is C9H10Cl2N4O.